The van der Waals surface area contributed by atoms with Crippen molar-refractivity contribution in [3.05, 3.63) is 35.9 Å². The topological polar surface area (TPSA) is 74.0 Å². The summed E-state index contributed by atoms with van der Waals surface area (Å²) in [7, 11) is 0. The van der Waals surface area contributed by atoms with E-state index < -0.39 is 0 Å². The molecular weight excluding hydrogens is 350 g/mol. The summed E-state index contributed by atoms with van der Waals surface area (Å²) in [5, 5.41) is 3.20. The van der Waals surface area contributed by atoms with Gasteiger partial charge in [-0.2, -0.15) is 0 Å². The first kappa shape index (κ1) is 20.6. The number of guanidine groups is 1. The number of piperidine rings is 1. The van der Waals surface area contributed by atoms with Crippen molar-refractivity contribution >= 4 is 11.9 Å². The second-order valence-electron chi connectivity index (χ2n) is 8.02. The van der Waals surface area contributed by atoms with E-state index in [-0.39, 0.29) is 12.5 Å². The molecule has 0 saturated carbocycles. The molecule has 2 aliphatic heterocycles. The van der Waals surface area contributed by atoms with Crippen LogP contribution in [0.4, 0.5) is 0 Å². The summed E-state index contributed by atoms with van der Waals surface area (Å²) in [5.74, 6) is 1.13. The van der Waals surface area contributed by atoms with Gasteiger partial charge in [-0.05, 0) is 56.7 Å². The van der Waals surface area contributed by atoms with Gasteiger partial charge >= 0.3 is 0 Å². The predicted octanol–water partition coefficient (Wildman–Crippen LogP) is 1.86. The molecule has 1 atom stereocenters. The molecule has 0 bridgehead atoms. The summed E-state index contributed by atoms with van der Waals surface area (Å²) in [6.07, 6.45) is 5.67. The predicted molar refractivity (Wildman–Crippen MR) is 114 cm³/mol. The molecule has 6 nitrogen and oxygen atoms in total. The first-order chi connectivity index (χ1) is 13.7. The highest BCUT2D eigenvalue weighted by Crippen LogP contribution is 2.21. The number of carbonyl (C=O) groups excluding carboxylic acids is 1. The van der Waals surface area contributed by atoms with Gasteiger partial charge in [0, 0.05) is 25.7 Å². The monoisotopic (exact) mass is 385 g/mol. The first-order valence-corrected chi connectivity index (χ1v) is 10.7. The van der Waals surface area contributed by atoms with Crippen LogP contribution in [0.3, 0.4) is 0 Å². The Kier molecular flexibility index (Phi) is 7.71. The molecule has 6 heteroatoms. The number of amides is 1. The number of hydrogen-bond donors (Lipinski definition) is 2. The van der Waals surface area contributed by atoms with E-state index in [0.717, 1.165) is 45.4 Å². The summed E-state index contributed by atoms with van der Waals surface area (Å²) in [6, 6.07) is 11.1. The minimum absolute atomic E-state index is 0.0824. The van der Waals surface area contributed by atoms with Gasteiger partial charge in [0.15, 0.2) is 5.96 Å². The van der Waals surface area contributed by atoms with Gasteiger partial charge in [0.2, 0.25) is 5.91 Å². The maximum Gasteiger partial charge on any atom is 0.244 e. The standard InChI is InChI=1S/C22H35N5O/c1-2-26-12-6-9-20(26)16-24-22(23)25-17-21(28)27-13-10-19(11-14-27)15-18-7-4-3-5-8-18/h3-5,7-8,19-20H,2,6,9-17H2,1H3,(H3,23,24,25). The van der Waals surface area contributed by atoms with Crippen molar-refractivity contribution in [3.63, 3.8) is 0 Å². The van der Waals surface area contributed by atoms with Crippen molar-refractivity contribution in [3.8, 4) is 0 Å². The Morgan fingerprint density at radius 1 is 1.18 bits per heavy atom. The molecule has 0 aromatic heterocycles. The van der Waals surface area contributed by atoms with Gasteiger partial charge in [0.1, 0.15) is 6.54 Å². The van der Waals surface area contributed by atoms with Crippen molar-refractivity contribution in [1.82, 2.24) is 15.1 Å². The third-order valence-corrected chi connectivity index (χ3v) is 6.14. The first-order valence-electron chi connectivity index (χ1n) is 10.7. The van der Waals surface area contributed by atoms with E-state index in [1.54, 1.807) is 0 Å². The minimum Gasteiger partial charge on any atom is -0.370 e. The number of rotatable bonds is 7. The van der Waals surface area contributed by atoms with Crippen LogP contribution in [0.25, 0.3) is 0 Å². The molecule has 1 aromatic rings. The number of nitrogens with two attached hydrogens (primary N) is 1. The lowest BCUT2D eigenvalue weighted by Gasteiger charge is -2.31. The van der Waals surface area contributed by atoms with E-state index in [0.29, 0.717) is 17.9 Å². The third-order valence-electron chi connectivity index (χ3n) is 6.14. The van der Waals surface area contributed by atoms with Gasteiger partial charge in [-0.15, -0.1) is 0 Å². The lowest BCUT2D eigenvalue weighted by atomic mass is 9.90. The molecule has 0 aliphatic carbocycles. The van der Waals surface area contributed by atoms with Crippen LogP contribution in [0, 0.1) is 5.92 Å². The number of nitrogens with zero attached hydrogens (tertiary/aromatic N) is 3. The largest absolute Gasteiger partial charge is 0.370 e. The van der Waals surface area contributed by atoms with Gasteiger partial charge in [0.25, 0.3) is 0 Å². The Labute approximate surface area is 169 Å². The zero-order chi connectivity index (χ0) is 19.8. The van der Waals surface area contributed by atoms with Crippen LogP contribution in [-0.4, -0.2) is 67.0 Å². The van der Waals surface area contributed by atoms with Gasteiger partial charge in [0.05, 0.1) is 0 Å². The van der Waals surface area contributed by atoms with Gasteiger partial charge in [-0.1, -0.05) is 37.3 Å². The van der Waals surface area contributed by atoms with Crippen molar-refractivity contribution in [2.45, 2.75) is 45.1 Å². The Balaban J connectivity index is 1.36. The smallest absolute Gasteiger partial charge is 0.244 e. The molecule has 2 heterocycles. The molecule has 3 rings (SSSR count). The number of nitrogens with one attached hydrogen (secondary N) is 1. The van der Waals surface area contributed by atoms with E-state index in [1.165, 1.54) is 24.9 Å². The van der Waals surface area contributed by atoms with Crippen LogP contribution >= 0.6 is 0 Å². The number of benzene rings is 1. The zero-order valence-corrected chi connectivity index (χ0v) is 17.1. The van der Waals surface area contributed by atoms with Crippen molar-refractivity contribution < 1.29 is 4.79 Å². The zero-order valence-electron chi connectivity index (χ0n) is 17.1. The maximum atomic E-state index is 12.5. The van der Waals surface area contributed by atoms with Crippen LogP contribution < -0.4 is 11.1 Å². The molecular formula is C22H35N5O. The number of aliphatic imine (C=N–C) groups is 1. The number of hydrogen-bond acceptors (Lipinski definition) is 3. The molecule has 3 N–H and O–H groups in total. The number of likely N-dealkylation sites (tertiary alicyclic amines) is 2. The highest BCUT2D eigenvalue weighted by Gasteiger charge is 2.24. The van der Waals surface area contributed by atoms with E-state index in [1.807, 2.05) is 4.90 Å². The molecule has 1 unspecified atom stereocenters. The Morgan fingerprint density at radius 2 is 1.93 bits per heavy atom. The highest BCUT2D eigenvalue weighted by atomic mass is 16.2. The summed E-state index contributed by atoms with van der Waals surface area (Å²) in [6.45, 7) is 7.03. The summed E-state index contributed by atoms with van der Waals surface area (Å²) < 4.78 is 0. The van der Waals surface area contributed by atoms with Crippen molar-refractivity contribution in [2.24, 2.45) is 16.6 Å². The molecule has 1 aromatic carbocycles. The van der Waals surface area contributed by atoms with Gasteiger partial charge < -0.3 is 16.0 Å². The fourth-order valence-corrected chi connectivity index (χ4v) is 4.41. The van der Waals surface area contributed by atoms with Gasteiger partial charge in [-0.3, -0.25) is 9.69 Å². The normalized spacial score (nSPS) is 21.8. The average Bonchev–Trinajstić information content (AvgIpc) is 3.19. The van der Waals surface area contributed by atoms with Crippen LogP contribution in [0.5, 0.6) is 0 Å². The van der Waals surface area contributed by atoms with Gasteiger partial charge in [-0.25, -0.2) is 4.99 Å². The molecule has 2 saturated heterocycles. The van der Waals surface area contributed by atoms with E-state index in [9.17, 15) is 4.79 Å². The minimum atomic E-state index is 0.0824. The molecule has 28 heavy (non-hydrogen) atoms. The number of carbonyl (C=O) groups is 1. The van der Waals surface area contributed by atoms with Crippen LogP contribution in [0.2, 0.25) is 0 Å². The lowest BCUT2D eigenvalue weighted by molar-refractivity contribution is -0.130. The Bertz CT molecular complexity index is 640. The summed E-state index contributed by atoms with van der Waals surface area (Å²) in [5.41, 5.74) is 7.36. The van der Waals surface area contributed by atoms with E-state index in [4.69, 9.17) is 5.73 Å². The quantitative estimate of drug-likeness (QED) is 0.555. The fraction of sp³-hybridized carbons (Fsp3) is 0.636. The average molecular weight is 386 g/mol. The SMILES string of the molecule is CCN1CCCC1CNC(N)=NCC(=O)N1CCC(Cc2ccccc2)CC1. The number of likely N-dealkylation sites (N-methyl/N-ethyl adjacent to an activating group) is 1. The second kappa shape index (κ2) is 10.5. The maximum absolute atomic E-state index is 12.5. The molecule has 0 radical (unpaired) electrons. The van der Waals surface area contributed by atoms with E-state index >= 15 is 0 Å². The summed E-state index contributed by atoms with van der Waals surface area (Å²) >= 11 is 0. The Hall–Kier alpha value is -2.08. The molecule has 1 amide bonds. The van der Waals surface area contributed by atoms with Crippen molar-refractivity contribution in [1.29, 1.82) is 0 Å². The molecule has 154 valence electrons. The molecule has 2 fully saturated rings. The summed E-state index contributed by atoms with van der Waals surface area (Å²) in [4.78, 5) is 21.1. The van der Waals surface area contributed by atoms with Crippen molar-refractivity contribution in [2.75, 3.05) is 39.3 Å². The van der Waals surface area contributed by atoms with E-state index in [2.05, 4.69) is 52.5 Å². The Morgan fingerprint density at radius 3 is 2.64 bits per heavy atom. The highest BCUT2D eigenvalue weighted by molar-refractivity contribution is 5.84. The lowest BCUT2D eigenvalue weighted by Crippen LogP contribution is -2.44. The third kappa shape index (κ3) is 5.96. The van der Waals surface area contributed by atoms with Crippen LogP contribution in [0.1, 0.15) is 38.2 Å². The molecule has 0 spiro atoms. The fourth-order valence-electron chi connectivity index (χ4n) is 4.41. The second-order valence-corrected chi connectivity index (χ2v) is 8.02. The van der Waals surface area contributed by atoms with Crippen LogP contribution in [-0.2, 0) is 11.2 Å². The molecule has 2 aliphatic rings. The van der Waals surface area contributed by atoms with Crippen LogP contribution in [0.15, 0.2) is 35.3 Å².